The van der Waals surface area contributed by atoms with Crippen molar-refractivity contribution in [3.8, 4) is 0 Å². The quantitative estimate of drug-likeness (QED) is 0.746. The summed E-state index contributed by atoms with van der Waals surface area (Å²) in [5, 5.41) is 11.4. The molecule has 0 spiro atoms. The number of piperidine rings is 1. The van der Waals surface area contributed by atoms with Crippen molar-refractivity contribution in [2.24, 2.45) is 11.8 Å². The van der Waals surface area contributed by atoms with Crippen molar-refractivity contribution in [2.45, 2.75) is 26.7 Å². The third-order valence-corrected chi connectivity index (χ3v) is 3.24. The first-order valence-corrected chi connectivity index (χ1v) is 6.18. The van der Waals surface area contributed by atoms with E-state index < -0.39 is 11.9 Å². The molecule has 6 nitrogen and oxygen atoms in total. The van der Waals surface area contributed by atoms with Gasteiger partial charge in [0.1, 0.15) is 0 Å². The zero-order valence-corrected chi connectivity index (χ0v) is 10.8. The van der Waals surface area contributed by atoms with Gasteiger partial charge in [0.15, 0.2) is 0 Å². The summed E-state index contributed by atoms with van der Waals surface area (Å²) < 4.78 is 0. The van der Waals surface area contributed by atoms with Crippen molar-refractivity contribution < 1.29 is 19.5 Å². The number of nitrogens with one attached hydrogen (secondary N) is 1. The van der Waals surface area contributed by atoms with Gasteiger partial charge in [-0.3, -0.25) is 14.4 Å². The lowest BCUT2D eigenvalue weighted by Crippen LogP contribution is -2.45. The first-order chi connectivity index (χ1) is 8.41. The number of carboxylic acids is 1. The van der Waals surface area contributed by atoms with Crippen LogP contribution in [0.15, 0.2) is 0 Å². The zero-order valence-electron chi connectivity index (χ0n) is 10.8. The van der Waals surface area contributed by atoms with E-state index in [1.807, 2.05) is 0 Å². The van der Waals surface area contributed by atoms with Crippen LogP contribution >= 0.6 is 0 Å². The van der Waals surface area contributed by atoms with E-state index in [-0.39, 0.29) is 24.3 Å². The number of carboxylic acid groups (broad SMARTS) is 1. The third kappa shape index (κ3) is 4.01. The summed E-state index contributed by atoms with van der Waals surface area (Å²) in [5.41, 5.74) is 0. The van der Waals surface area contributed by atoms with Gasteiger partial charge in [-0.25, -0.2) is 0 Å². The summed E-state index contributed by atoms with van der Waals surface area (Å²) in [6.07, 6.45) is 1.56. The Hall–Kier alpha value is -1.59. The lowest BCUT2D eigenvalue weighted by atomic mass is 9.97. The van der Waals surface area contributed by atoms with Crippen molar-refractivity contribution in [2.75, 3.05) is 19.6 Å². The fourth-order valence-electron chi connectivity index (χ4n) is 1.96. The maximum absolute atomic E-state index is 11.9. The number of hydrogen-bond donors (Lipinski definition) is 2. The van der Waals surface area contributed by atoms with Gasteiger partial charge in [-0.2, -0.15) is 0 Å². The minimum Gasteiger partial charge on any atom is -0.481 e. The van der Waals surface area contributed by atoms with Crippen molar-refractivity contribution in [3.63, 3.8) is 0 Å². The molecule has 0 aromatic carbocycles. The van der Waals surface area contributed by atoms with E-state index >= 15 is 0 Å². The molecule has 102 valence electrons. The number of carbonyl (C=O) groups excluding carboxylic acids is 2. The summed E-state index contributed by atoms with van der Waals surface area (Å²) in [6, 6.07) is 0. The second kappa shape index (κ2) is 6.37. The Bertz CT molecular complexity index is 343. The summed E-state index contributed by atoms with van der Waals surface area (Å²) in [4.78, 5) is 35.4. The Labute approximate surface area is 106 Å². The van der Waals surface area contributed by atoms with Crippen LogP contribution in [0.3, 0.4) is 0 Å². The molecule has 2 atom stereocenters. The van der Waals surface area contributed by atoms with E-state index in [0.29, 0.717) is 13.1 Å². The molecule has 1 aliphatic rings. The fourth-order valence-corrected chi connectivity index (χ4v) is 1.96. The lowest BCUT2D eigenvalue weighted by Gasteiger charge is -2.31. The number of aliphatic carboxylic acids is 1. The number of hydrogen-bond acceptors (Lipinski definition) is 3. The highest BCUT2D eigenvalue weighted by molar-refractivity contribution is 5.81. The van der Waals surface area contributed by atoms with Crippen LogP contribution in [0, 0.1) is 11.8 Å². The molecule has 0 aromatic rings. The molecule has 0 aromatic heterocycles. The Kier molecular flexibility index (Phi) is 5.12. The van der Waals surface area contributed by atoms with Crippen molar-refractivity contribution >= 4 is 17.8 Å². The smallest absolute Gasteiger partial charge is 0.308 e. The van der Waals surface area contributed by atoms with Crippen LogP contribution in [-0.4, -0.2) is 47.4 Å². The topological polar surface area (TPSA) is 86.7 Å². The SMILES string of the molecule is CC(=O)N1CCCC(C(=O)NCC(C)C(=O)O)C1. The van der Waals surface area contributed by atoms with Gasteiger partial charge in [-0.05, 0) is 12.8 Å². The van der Waals surface area contributed by atoms with Crippen molar-refractivity contribution in [1.29, 1.82) is 0 Å². The summed E-state index contributed by atoms with van der Waals surface area (Å²) in [6.45, 7) is 4.30. The van der Waals surface area contributed by atoms with E-state index in [9.17, 15) is 14.4 Å². The second-order valence-corrected chi connectivity index (χ2v) is 4.79. The molecule has 0 saturated carbocycles. The van der Waals surface area contributed by atoms with Crippen LogP contribution in [-0.2, 0) is 14.4 Å². The highest BCUT2D eigenvalue weighted by Gasteiger charge is 2.27. The van der Waals surface area contributed by atoms with Gasteiger partial charge in [-0.15, -0.1) is 0 Å². The van der Waals surface area contributed by atoms with Crippen molar-refractivity contribution in [1.82, 2.24) is 10.2 Å². The Morgan fingerprint density at radius 1 is 1.44 bits per heavy atom. The van der Waals surface area contributed by atoms with E-state index in [4.69, 9.17) is 5.11 Å². The third-order valence-electron chi connectivity index (χ3n) is 3.24. The van der Waals surface area contributed by atoms with Crippen LogP contribution < -0.4 is 5.32 Å². The molecule has 1 heterocycles. The molecule has 1 saturated heterocycles. The molecular weight excluding hydrogens is 236 g/mol. The first kappa shape index (κ1) is 14.5. The number of nitrogens with zero attached hydrogens (tertiary/aromatic N) is 1. The van der Waals surface area contributed by atoms with Crippen LogP contribution in [0.4, 0.5) is 0 Å². The molecule has 1 rings (SSSR count). The van der Waals surface area contributed by atoms with Crippen LogP contribution in [0.25, 0.3) is 0 Å². The summed E-state index contributed by atoms with van der Waals surface area (Å²) in [7, 11) is 0. The second-order valence-electron chi connectivity index (χ2n) is 4.79. The minimum atomic E-state index is -0.927. The predicted molar refractivity (Wildman–Crippen MR) is 64.8 cm³/mol. The van der Waals surface area contributed by atoms with Gasteiger partial charge in [0.25, 0.3) is 0 Å². The normalized spacial score (nSPS) is 21.2. The van der Waals surface area contributed by atoms with Gasteiger partial charge in [0.2, 0.25) is 11.8 Å². The first-order valence-electron chi connectivity index (χ1n) is 6.18. The average molecular weight is 256 g/mol. The van der Waals surface area contributed by atoms with E-state index in [1.54, 1.807) is 11.8 Å². The molecule has 2 N–H and O–H groups in total. The van der Waals surface area contributed by atoms with E-state index in [0.717, 1.165) is 12.8 Å². The van der Waals surface area contributed by atoms with E-state index in [2.05, 4.69) is 5.32 Å². The maximum Gasteiger partial charge on any atom is 0.308 e. The van der Waals surface area contributed by atoms with Gasteiger partial charge in [-0.1, -0.05) is 6.92 Å². The molecule has 0 radical (unpaired) electrons. The van der Waals surface area contributed by atoms with Gasteiger partial charge in [0, 0.05) is 26.6 Å². The molecule has 2 unspecified atom stereocenters. The van der Waals surface area contributed by atoms with Crippen molar-refractivity contribution in [3.05, 3.63) is 0 Å². The van der Waals surface area contributed by atoms with E-state index in [1.165, 1.54) is 6.92 Å². The average Bonchev–Trinajstić information content (AvgIpc) is 2.35. The maximum atomic E-state index is 11.9. The molecule has 1 fully saturated rings. The van der Waals surface area contributed by atoms with Gasteiger partial charge < -0.3 is 15.3 Å². The lowest BCUT2D eigenvalue weighted by molar-refractivity contribution is -0.141. The highest BCUT2D eigenvalue weighted by atomic mass is 16.4. The molecule has 1 aliphatic heterocycles. The zero-order chi connectivity index (χ0) is 13.7. The highest BCUT2D eigenvalue weighted by Crippen LogP contribution is 2.16. The number of likely N-dealkylation sites (tertiary alicyclic amines) is 1. The summed E-state index contributed by atoms with van der Waals surface area (Å²) in [5.74, 6) is -1.92. The molecular formula is C12H20N2O4. The Balaban J connectivity index is 2.42. The standard InChI is InChI=1S/C12H20N2O4/c1-8(12(17)18)6-13-11(16)10-4-3-5-14(7-10)9(2)15/h8,10H,3-7H2,1-2H3,(H,13,16)(H,17,18). The molecule has 2 amide bonds. The monoisotopic (exact) mass is 256 g/mol. The van der Waals surface area contributed by atoms with Gasteiger partial charge in [0.05, 0.1) is 11.8 Å². The van der Waals surface area contributed by atoms with Gasteiger partial charge >= 0.3 is 5.97 Å². The fraction of sp³-hybridized carbons (Fsp3) is 0.750. The Morgan fingerprint density at radius 2 is 2.11 bits per heavy atom. The Morgan fingerprint density at radius 3 is 2.67 bits per heavy atom. The van der Waals surface area contributed by atoms with Crippen LogP contribution in [0.2, 0.25) is 0 Å². The number of rotatable bonds is 4. The van der Waals surface area contributed by atoms with Crippen LogP contribution in [0.1, 0.15) is 26.7 Å². The summed E-state index contributed by atoms with van der Waals surface area (Å²) >= 11 is 0. The largest absolute Gasteiger partial charge is 0.481 e. The molecule has 6 heteroatoms. The number of amides is 2. The number of carbonyl (C=O) groups is 3. The van der Waals surface area contributed by atoms with Crippen LogP contribution in [0.5, 0.6) is 0 Å². The minimum absolute atomic E-state index is 0.0218. The molecule has 0 aliphatic carbocycles. The molecule has 0 bridgehead atoms. The molecule has 18 heavy (non-hydrogen) atoms. The predicted octanol–water partition coefficient (Wildman–Crippen LogP) is 0.0818.